The number of aromatic nitrogens is 6. The third-order valence-corrected chi connectivity index (χ3v) is 2.84. The third-order valence-electron chi connectivity index (χ3n) is 2.84. The van der Waals surface area contributed by atoms with E-state index in [4.69, 9.17) is 5.11 Å². The zero-order valence-electron chi connectivity index (χ0n) is 12.4. The Morgan fingerprint density at radius 2 is 1.38 bits per heavy atom. The van der Waals surface area contributed by atoms with Crippen LogP contribution in [-0.4, -0.2) is 83.9 Å². The Bertz CT molecular complexity index is 617. The van der Waals surface area contributed by atoms with Gasteiger partial charge >= 0.3 is 18.2 Å². The topological polar surface area (TPSA) is 160 Å². The molecule has 2 heterocycles. The van der Waals surface area contributed by atoms with E-state index in [9.17, 15) is 14.4 Å². The van der Waals surface area contributed by atoms with Gasteiger partial charge in [-0.05, 0) is 0 Å². The molecule has 2 aromatic rings. The maximum atomic E-state index is 11.6. The molecule has 0 fully saturated rings. The molecule has 0 saturated heterocycles. The molecule has 2 aromatic heterocycles. The van der Waals surface area contributed by atoms with Crippen molar-refractivity contribution in [2.45, 2.75) is 0 Å². The Hall–Kier alpha value is -3.51. The van der Waals surface area contributed by atoms with Gasteiger partial charge in [0.2, 0.25) is 0 Å². The summed E-state index contributed by atoms with van der Waals surface area (Å²) < 4.78 is 1.98. The van der Waals surface area contributed by atoms with Crippen molar-refractivity contribution in [2.75, 3.05) is 26.2 Å². The minimum Gasteiger partial charge on any atom is -0.465 e. The molecule has 3 N–H and O–H groups in total. The van der Waals surface area contributed by atoms with Gasteiger partial charge in [-0.3, -0.25) is 0 Å². The number of hydrogen-bond donors (Lipinski definition) is 3. The second-order valence-corrected chi connectivity index (χ2v) is 4.41. The highest BCUT2D eigenvalue weighted by Crippen LogP contribution is 1.89. The first-order valence-corrected chi connectivity index (χ1v) is 6.81. The number of nitrogens with zero attached hydrogens (tertiary/aromatic N) is 7. The predicted molar refractivity (Wildman–Crippen MR) is 77.2 cm³/mol. The second-order valence-electron chi connectivity index (χ2n) is 4.41. The largest absolute Gasteiger partial charge is 0.465 e. The van der Waals surface area contributed by atoms with E-state index >= 15 is 0 Å². The number of carbonyl (C=O) groups excluding carboxylic acids is 2. The molecule has 3 amide bonds. The van der Waals surface area contributed by atoms with E-state index in [0.717, 1.165) is 14.3 Å². The fraction of sp³-hybridized carbons (Fsp3) is 0.364. The van der Waals surface area contributed by atoms with Crippen molar-refractivity contribution in [3.8, 4) is 0 Å². The first-order chi connectivity index (χ1) is 11.6. The molecule has 13 heteroatoms. The monoisotopic (exact) mass is 337 g/mol. The van der Waals surface area contributed by atoms with Gasteiger partial charge in [-0.25, -0.2) is 24.4 Å². The molecule has 0 aliphatic heterocycles. The third kappa shape index (κ3) is 4.75. The molecule has 0 aromatic carbocycles. The summed E-state index contributed by atoms with van der Waals surface area (Å²) in [6.45, 7) is 0.272. The van der Waals surface area contributed by atoms with Gasteiger partial charge < -0.3 is 20.6 Å². The van der Waals surface area contributed by atoms with Crippen molar-refractivity contribution < 1.29 is 19.5 Å². The van der Waals surface area contributed by atoms with Crippen LogP contribution >= 0.6 is 0 Å². The lowest BCUT2D eigenvalue weighted by Gasteiger charge is -2.19. The van der Waals surface area contributed by atoms with Crippen LogP contribution in [0.3, 0.4) is 0 Å². The standard InChI is InChI=1S/C11H15N9O4/c21-9(19-7-12-5-16-19)14-1-3-18(11(23)24)4-2-15-10(22)20-8-13-6-17-20/h5-8H,1-4H2,(H,14,21)(H,15,22)(H,23,24). The van der Waals surface area contributed by atoms with Crippen LogP contribution in [0.5, 0.6) is 0 Å². The van der Waals surface area contributed by atoms with E-state index in [1.165, 1.54) is 25.3 Å². The van der Waals surface area contributed by atoms with Crippen molar-refractivity contribution >= 4 is 18.2 Å². The van der Waals surface area contributed by atoms with Crippen molar-refractivity contribution in [1.82, 2.24) is 45.1 Å². The zero-order chi connectivity index (χ0) is 17.4. The predicted octanol–water partition coefficient (Wildman–Crippen LogP) is -1.33. The Labute approximate surface area is 135 Å². The number of nitrogens with one attached hydrogen (secondary N) is 2. The zero-order valence-corrected chi connectivity index (χ0v) is 12.4. The molecule has 0 bridgehead atoms. The fourth-order valence-corrected chi connectivity index (χ4v) is 1.69. The Morgan fingerprint density at radius 1 is 0.917 bits per heavy atom. The van der Waals surface area contributed by atoms with Gasteiger partial charge in [0.05, 0.1) is 0 Å². The number of rotatable bonds is 6. The van der Waals surface area contributed by atoms with E-state index in [0.29, 0.717) is 0 Å². The molecule has 0 aliphatic carbocycles. The molecule has 0 spiro atoms. The van der Waals surface area contributed by atoms with E-state index < -0.39 is 18.2 Å². The average Bonchev–Trinajstić information content (AvgIpc) is 3.25. The van der Waals surface area contributed by atoms with Crippen molar-refractivity contribution in [2.24, 2.45) is 0 Å². The summed E-state index contributed by atoms with van der Waals surface area (Å²) in [4.78, 5) is 42.7. The van der Waals surface area contributed by atoms with Gasteiger partial charge in [-0.15, -0.1) is 0 Å². The maximum absolute atomic E-state index is 11.6. The summed E-state index contributed by atoms with van der Waals surface area (Å²) in [6.07, 6.45) is 3.70. The van der Waals surface area contributed by atoms with Crippen LogP contribution in [0, 0.1) is 0 Å². The molecule has 24 heavy (non-hydrogen) atoms. The van der Waals surface area contributed by atoms with Crippen molar-refractivity contribution in [3.63, 3.8) is 0 Å². The molecular weight excluding hydrogens is 322 g/mol. The normalized spacial score (nSPS) is 10.2. The van der Waals surface area contributed by atoms with Gasteiger partial charge in [0.15, 0.2) is 0 Å². The Morgan fingerprint density at radius 3 is 1.71 bits per heavy atom. The Balaban J connectivity index is 1.70. The van der Waals surface area contributed by atoms with Gasteiger partial charge in [0, 0.05) is 26.2 Å². The van der Waals surface area contributed by atoms with Crippen molar-refractivity contribution in [1.29, 1.82) is 0 Å². The summed E-state index contributed by atoms with van der Waals surface area (Å²) in [5.41, 5.74) is 0. The van der Waals surface area contributed by atoms with Crippen LogP contribution in [0.4, 0.5) is 14.4 Å². The smallest absolute Gasteiger partial charge is 0.407 e. The summed E-state index contributed by atoms with van der Waals surface area (Å²) in [6, 6.07) is -1.03. The summed E-state index contributed by atoms with van der Waals surface area (Å²) >= 11 is 0. The molecule has 0 aliphatic rings. The van der Waals surface area contributed by atoms with Crippen molar-refractivity contribution in [3.05, 3.63) is 25.3 Å². The summed E-state index contributed by atoms with van der Waals surface area (Å²) in [7, 11) is 0. The molecule has 13 nitrogen and oxygen atoms in total. The summed E-state index contributed by atoms with van der Waals surface area (Å²) in [5, 5.41) is 21.4. The highest BCUT2D eigenvalue weighted by atomic mass is 16.4. The minimum absolute atomic E-state index is 0.0506. The lowest BCUT2D eigenvalue weighted by atomic mass is 10.5. The van der Waals surface area contributed by atoms with Gasteiger partial charge in [-0.1, -0.05) is 0 Å². The molecule has 0 atom stereocenters. The van der Waals surface area contributed by atoms with Crippen LogP contribution in [-0.2, 0) is 0 Å². The molecule has 2 rings (SSSR count). The average molecular weight is 337 g/mol. The molecule has 0 radical (unpaired) electrons. The minimum atomic E-state index is -1.17. The Kier molecular flexibility index (Phi) is 5.76. The molecule has 0 saturated carbocycles. The van der Waals surface area contributed by atoms with E-state index in [1.807, 2.05) is 0 Å². The first-order valence-electron chi connectivity index (χ1n) is 6.81. The van der Waals surface area contributed by atoms with Gasteiger partial charge in [-0.2, -0.15) is 19.6 Å². The maximum Gasteiger partial charge on any atom is 0.407 e. The number of hydrogen-bond acceptors (Lipinski definition) is 7. The quantitative estimate of drug-likeness (QED) is 0.584. The van der Waals surface area contributed by atoms with Crippen LogP contribution in [0.25, 0.3) is 0 Å². The highest BCUT2D eigenvalue weighted by molar-refractivity contribution is 5.75. The SMILES string of the molecule is O=C(O)N(CCNC(=O)n1cncn1)CCNC(=O)n1cncn1. The second kappa shape index (κ2) is 8.21. The first kappa shape index (κ1) is 16.9. The molecule has 0 unspecified atom stereocenters. The summed E-state index contributed by atoms with van der Waals surface area (Å²) in [5.74, 6) is 0. The van der Waals surface area contributed by atoms with E-state index in [1.54, 1.807) is 0 Å². The van der Waals surface area contributed by atoms with E-state index in [-0.39, 0.29) is 26.2 Å². The van der Waals surface area contributed by atoms with Crippen LogP contribution in [0.1, 0.15) is 0 Å². The van der Waals surface area contributed by atoms with Crippen LogP contribution in [0.15, 0.2) is 25.3 Å². The number of carboxylic acid groups (broad SMARTS) is 1. The van der Waals surface area contributed by atoms with Gasteiger partial charge in [0.1, 0.15) is 25.3 Å². The molecular formula is C11H15N9O4. The number of amides is 3. The van der Waals surface area contributed by atoms with Gasteiger partial charge in [0.25, 0.3) is 0 Å². The molecule has 128 valence electrons. The fourth-order valence-electron chi connectivity index (χ4n) is 1.69. The number of carbonyl (C=O) groups is 3. The van der Waals surface area contributed by atoms with Crippen LogP contribution < -0.4 is 10.6 Å². The lowest BCUT2D eigenvalue weighted by Crippen LogP contribution is -2.43. The van der Waals surface area contributed by atoms with Crippen LogP contribution in [0.2, 0.25) is 0 Å². The lowest BCUT2D eigenvalue weighted by molar-refractivity contribution is 0.145. The highest BCUT2D eigenvalue weighted by Gasteiger charge is 2.13. The van der Waals surface area contributed by atoms with E-state index in [2.05, 4.69) is 30.8 Å².